The molecule has 0 aliphatic carbocycles. The smallest absolute Gasteiger partial charge is 0.338 e. The number of methoxy groups -OCH3 is 1. The van der Waals surface area contributed by atoms with E-state index in [-0.39, 0.29) is 0 Å². The minimum Gasteiger partial charge on any atom is -0.465 e. The number of carbonyl (C=O) groups excluding carboxylic acids is 2. The zero-order valence-corrected chi connectivity index (χ0v) is 15.1. The van der Waals surface area contributed by atoms with Crippen LogP contribution in [-0.4, -0.2) is 35.2 Å². The first kappa shape index (κ1) is 17.8. The Balaban J connectivity index is 2.19. The van der Waals surface area contributed by atoms with E-state index in [0.717, 1.165) is 22.4 Å². The highest BCUT2D eigenvalue weighted by Gasteiger charge is 2.18. The number of aromatic amines is 1. The molecule has 7 nitrogen and oxygen atoms in total. The van der Waals surface area contributed by atoms with E-state index in [1.54, 1.807) is 18.3 Å². The zero-order chi connectivity index (χ0) is 18.5. The summed E-state index contributed by atoms with van der Waals surface area (Å²) in [5, 5.41) is 3.40. The predicted octanol–water partition coefficient (Wildman–Crippen LogP) is 3.66. The normalized spacial score (nSPS) is 10.5. The van der Waals surface area contributed by atoms with E-state index in [2.05, 4.69) is 20.0 Å². The molecule has 26 heavy (non-hydrogen) atoms. The lowest BCUT2D eigenvalue weighted by molar-refractivity contribution is -0.105. The number of anilines is 2. The van der Waals surface area contributed by atoms with Crippen LogP contribution in [0.2, 0.25) is 0 Å². The fourth-order valence-corrected chi connectivity index (χ4v) is 3.11. The molecule has 0 bridgehead atoms. The van der Waals surface area contributed by atoms with Crippen molar-refractivity contribution in [2.75, 3.05) is 22.9 Å². The standard InChI is InChI=1S/C18H18N4O3S/c1-3-26-22-11-4-5-12(15(8-11)18(24)25-2)14-9-16(20-10-23)21-17-13(14)6-7-19-17/h4-10,22H,3H2,1-2H3,(H2,19,20,21,23). The Kier molecular flexibility index (Phi) is 5.43. The van der Waals surface area contributed by atoms with Crippen LogP contribution in [0.3, 0.4) is 0 Å². The van der Waals surface area contributed by atoms with Gasteiger partial charge >= 0.3 is 5.97 Å². The molecule has 8 heteroatoms. The molecule has 0 saturated carbocycles. The lowest BCUT2D eigenvalue weighted by Crippen LogP contribution is -2.05. The van der Waals surface area contributed by atoms with Crippen LogP contribution < -0.4 is 10.0 Å². The van der Waals surface area contributed by atoms with Gasteiger partial charge in [0, 0.05) is 23.0 Å². The average Bonchev–Trinajstić information content (AvgIpc) is 3.14. The monoisotopic (exact) mass is 370 g/mol. The molecule has 1 amide bonds. The number of pyridine rings is 1. The van der Waals surface area contributed by atoms with Gasteiger partial charge in [-0.1, -0.05) is 24.9 Å². The number of nitrogens with zero attached hydrogens (tertiary/aromatic N) is 1. The Morgan fingerprint density at radius 3 is 2.88 bits per heavy atom. The van der Waals surface area contributed by atoms with E-state index in [0.29, 0.717) is 29.0 Å². The maximum atomic E-state index is 12.4. The fraction of sp³-hybridized carbons (Fsp3) is 0.167. The molecule has 0 unspecified atom stereocenters. The number of benzene rings is 1. The van der Waals surface area contributed by atoms with Crippen LogP contribution in [0.4, 0.5) is 11.5 Å². The van der Waals surface area contributed by atoms with E-state index in [9.17, 15) is 9.59 Å². The third kappa shape index (κ3) is 3.50. The molecule has 3 N–H and O–H groups in total. The van der Waals surface area contributed by atoms with Gasteiger partial charge in [-0.05, 0) is 35.4 Å². The molecule has 2 aromatic heterocycles. The van der Waals surface area contributed by atoms with Crippen LogP contribution in [0.5, 0.6) is 0 Å². The van der Waals surface area contributed by atoms with Crippen molar-refractivity contribution in [1.29, 1.82) is 0 Å². The van der Waals surface area contributed by atoms with Crippen molar-refractivity contribution >= 4 is 46.9 Å². The molecule has 0 radical (unpaired) electrons. The van der Waals surface area contributed by atoms with Gasteiger partial charge in [0.2, 0.25) is 6.41 Å². The Bertz CT molecular complexity index is 955. The Labute approximate surface area is 154 Å². The van der Waals surface area contributed by atoms with Gasteiger partial charge in [-0.2, -0.15) is 0 Å². The summed E-state index contributed by atoms with van der Waals surface area (Å²) in [6.45, 7) is 2.04. The Morgan fingerprint density at radius 1 is 1.31 bits per heavy atom. The highest BCUT2D eigenvalue weighted by atomic mass is 32.2. The van der Waals surface area contributed by atoms with Crippen molar-refractivity contribution in [1.82, 2.24) is 9.97 Å². The van der Waals surface area contributed by atoms with Crippen molar-refractivity contribution in [3.63, 3.8) is 0 Å². The van der Waals surface area contributed by atoms with E-state index < -0.39 is 5.97 Å². The maximum Gasteiger partial charge on any atom is 0.338 e. The second-order valence-electron chi connectivity index (χ2n) is 5.34. The topological polar surface area (TPSA) is 96.1 Å². The number of rotatable bonds is 7. The lowest BCUT2D eigenvalue weighted by Gasteiger charge is -2.13. The summed E-state index contributed by atoms with van der Waals surface area (Å²) < 4.78 is 8.15. The summed E-state index contributed by atoms with van der Waals surface area (Å²) >= 11 is 1.54. The van der Waals surface area contributed by atoms with Crippen molar-refractivity contribution in [2.24, 2.45) is 0 Å². The molecule has 3 rings (SSSR count). The first-order chi connectivity index (χ1) is 12.7. The van der Waals surface area contributed by atoms with Crippen LogP contribution in [0, 0.1) is 0 Å². The van der Waals surface area contributed by atoms with Crippen LogP contribution in [-0.2, 0) is 9.53 Å². The number of hydrogen-bond acceptors (Lipinski definition) is 6. The fourth-order valence-electron chi connectivity index (χ4n) is 2.67. The maximum absolute atomic E-state index is 12.4. The second-order valence-corrected chi connectivity index (χ2v) is 6.41. The summed E-state index contributed by atoms with van der Waals surface area (Å²) in [6.07, 6.45) is 2.33. The molecule has 2 heterocycles. The highest BCUT2D eigenvalue weighted by molar-refractivity contribution is 8.00. The first-order valence-electron chi connectivity index (χ1n) is 7.96. The number of ether oxygens (including phenoxy) is 1. The van der Waals surface area contributed by atoms with E-state index >= 15 is 0 Å². The van der Waals surface area contributed by atoms with Crippen LogP contribution in [0.15, 0.2) is 36.5 Å². The third-order valence-electron chi connectivity index (χ3n) is 3.78. The molecule has 0 fully saturated rings. The van der Waals surface area contributed by atoms with Crippen LogP contribution >= 0.6 is 11.9 Å². The summed E-state index contributed by atoms with van der Waals surface area (Å²) in [6, 6.07) is 9.13. The number of H-pyrrole nitrogens is 1. The summed E-state index contributed by atoms with van der Waals surface area (Å²) in [5.41, 5.74) is 3.33. The number of esters is 1. The van der Waals surface area contributed by atoms with Gasteiger partial charge < -0.3 is 19.8 Å². The van der Waals surface area contributed by atoms with Crippen molar-refractivity contribution in [2.45, 2.75) is 6.92 Å². The third-order valence-corrected chi connectivity index (χ3v) is 4.45. The van der Waals surface area contributed by atoms with Crippen molar-refractivity contribution in [3.05, 3.63) is 42.1 Å². The lowest BCUT2D eigenvalue weighted by atomic mass is 9.97. The second kappa shape index (κ2) is 7.92. The number of hydrogen-bond donors (Lipinski definition) is 3. The van der Waals surface area contributed by atoms with Gasteiger partial charge in [0.15, 0.2) is 0 Å². The SMILES string of the molecule is CCSNc1ccc(-c2cc(NC=O)nc3[nH]ccc23)c(C(=O)OC)c1. The van der Waals surface area contributed by atoms with Gasteiger partial charge in [-0.3, -0.25) is 4.79 Å². The zero-order valence-electron chi connectivity index (χ0n) is 14.3. The Morgan fingerprint density at radius 2 is 2.15 bits per heavy atom. The number of nitrogens with one attached hydrogen (secondary N) is 3. The summed E-state index contributed by atoms with van der Waals surface area (Å²) in [4.78, 5) is 30.5. The minimum atomic E-state index is -0.435. The average molecular weight is 370 g/mol. The van der Waals surface area contributed by atoms with Gasteiger partial charge in [-0.15, -0.1) is 0 Å². The van der Waals surface area contributed by atoms with E-state index in [4.69, 9.17) is 4.74 Å². The molecule has 3 aromatic rings. The predicted molar refractivity (Wildman–Crippen MR) is 104 cm³/mol. The van der Waals surface area contributed by atoms with Crippen molar-refractivity contribution < 1.29 is 14.3 Å². The minimum absolute atomic E-state index is 0.393. The Hall–Kier alpha value is -3.00. The van der Waals surface area contributed by atoms with E-state index in [1.165, 1.54) is 19.1 Å². The summed E-state index contributed by atoms with van der Waals surface area (Å²) in [7, 11) is 1.35. The molecule has 1 aromatic carbocycles. The van der Waals surface area contributed by atoms with Crippen LogP contribution in [0.1, 0.15) is 17.3 Å². The molecular weight excluding hydrogens is 352 g/mol. The molecule has 0 aliphatic heterocycles. The molecule has 0 atom stereocenters. The van der Waals surface area contributed by atoms with E-state index in [1.807, 2.05) is 25.1 Å². The highest BCUT2D eigenvalue weighted by Crippen LogP contribution is 2.34. The first-order valence-corrected chi connectivity index (χ1v) is 8.95. The number of aromatic nitrogens is 2. The van der Waals surface area contributed by atoms with Gasteiger partial charge in [0.1, 0.15) is 11.5 Å². The van der Waals surface area contributed by atoms with Gasteiger partial charge in [0.25, 0.3) is 0 Å². The molecule has 0 spiro atoms. The van der Waals surface area contributed by atoms with Crippen LogP contribution in [0.25, 0.3) is 22.2 Å². The largest absolute Gasteiger partial charge is 0.465 e. The number of amides is 1. The molecular formula is C18H18N4O3S. The van der Waals surface area contributed by atoms with Crippen molar-refractivity contribution in [3.8, 4) is 11.1 Å². The molecule has 0 aliphatic rings. The summed E-state index contributed by atoms with van der Waals surface area (Å²) in [5.74, 6) is 0.852. The molecule has 0 saturated heterocycles. The quantitative estimate of drug-likeness (QED) is 0.334. The number of fused-ring (bicyclic) bond motifs is 1. The van der Waals surface area contributed by atoms with Gasteiger partial charge in [-0.25, -0.2) is 9.78 Å². The van der Waals surface area contributed by atoms with Gasteiger partial charge in [0.05, 0.1) is 12.7 Å². The molecule has 134 valence electrons. The number of carbonyl (C=O) groups is 2.